The van der Waals surface area contributed by atoms with E-state index in [2.05, 4.69) is 48.7 Å². The summed E-state index contributed by atoms with van der Waals surface area (Å²) in [5.41, 5.74) is 2.54. The van der Waals surface area contributed by atoms with Gasteiger partial charge < -0.3 is 10.6 Å². The van der Waals surface area contributed by atoms with E-state index in [1.807, 2.05) is 0 Å². The van der Waals surface area contributed by atoms with E-state index in [9.17, 15) is 4.79 Å². The van der Waals surface area contributed by atoms with Gasteiger partial charge in [-0.1, -0.05) is 38.1 Å². The third-order valence-corrected chi connectivity index (χ3v) is 4.00. The summed E-state index contributed by atoms with van der Waals surface area (Å²) in [6, 6.07) is 8.58. The zero-order chi connectivity index (χ0) is 13.7. The van der Waals surface area contributed by atoms with Gasteiger partial charge in [0.1, 0.15) is 0 Å². The van der Waals surface area contributed by atoms with Crippen molar-refractivity contribution in [2.75, 3.05) is 6.54 Å². The summed E-state index contributed by atoms with van der Waals surface area (Å²) < 4.78 is 0. The molecule has 1 heterocycles. The van der Waals surface area contributed by atoms with Crippen LogP contribution >= 0.6 is 0 Å². The van der Waals surface area contributed by atoms with Gasteiger partial charge in [-0.05, 0) is 42.9 Å². The maximum atomic E-state index is 11.9. The predicted octanol–water partition coefficient (Wildman–Crippen LogP) is 2.57. The van der Waals surface area contributed by atoms with Crippen molar-refractivity contribution in [1.29, 1.82) is 0 Å². The molecule has 1 aromatic carbocycles. The molecule has 2 N–H and O–H groups in total. The molecule has 0 saturated carbocycles. The van der Waals surface area contributed by atoms with Crippen LogP contribution in [0.25, 0.3) is 0 Å². The highest BCUT2D eigenvalue weighted by Gasteiger charge is 2.21. The molecular formula is C16H24N2O. The highest BCUT2D eigenvalue weighted by Crippen LogP contribution is 2.18. The molecule has 104 valence electrons. The molecule has 1 aliphatic rings. The first-order valence-corrected chi connectivity index (χ1v) is 7.30. The van der Waals surface area contributed by atoms with Crippen LogP contribution in [-0.4, -0.2) is 18.5 Å². The van der Waals surface area contributed by atoms with Crippen molar-refractivity contribution in [3.05, 3.63) is 35.4 Å². The average Bonchev–Trinajstić information content (AvgIpc) is 2.98. The Morgan fingerprint density at radius 1 is 1.42 bits per heavy atom. The van der Waals surface area contributed by atoms with Crippen LogP contribution in [0.2, 0.25) is 0 Å². The van der Waals surface area contributed by atoms with Gasteiger partial charge in [0.05, 0.1) is 6.04 Å². The number of benzene rings is 1. The summed E-state index contributed by atoms with van der Waals surface area (Å²) >= 11 is 0. The Labute approximate surface area is 115 Å². The maximum Gasteiger partial charge on any atom is 0.237 e. The van der Waals surface area contributed by atoms with Crippen molar-refractivity contribution in [3.63, 3.8) is 0 Å². The smallest absolute Gasteiger partial charge is 0.237 e. The van der Waals surface area contributed by atoms with E-state index in [-0.39, 0.29) is 11.9 Å². The van der Waals surface area contributed by atoms with E-state index in [0.717, 1.165) is 25.8 Å². The van der Waals surface area contributed by atoms with Gasteiger partial charge >= 0.3 is 0 Å². The Balaban J connectivity index is 1.84. The zero-order valence-electron chi connectivity index (χ0n) is 11.9. The van der Waals surface area contributed by atoms with E-state index in [4.69, 9.17) is 0 Å². The normalized spacial score (nSPS) is 20.2. The minimum Gasteiger partial charge on any atom is -0.351 e. The molecule has 3 nitrogen and oxygen atoms in total. The summed E-state index contributed by atoms with van der Waals surface area (Å²) in [5.74, 6) is 0.731. The number of nitrogens with one attached hydrogen (secondary N) is 2. The van der Waals surface area contributed by atoms with Gasteiger partial charge in [0.25, 0.3) is 0 Å². The second-order valence-electron chi connectivity index (χ2n) is 5.42. The molecule has 1 amide bonds. The number of hydrogen-bond donors (Lipinski definition) is 2. The van der Waals surface area contributed by atoms with E-state index >= 15 is 0 Å². The molecule has 1 saturated heterocycles. The van der Waals surface area contributed by atoms with Crippen molar-refractivity contribution in [2.24, 2.45) is 0 Å². The SMILES string of the molecule is CCC(C)c1ccc(CNC(=O)C2CCCN2)cc1. The average molecular weight is 260 g/mol. The molecule has 1 aromatic rings. The molecule has 0 aromatic heterocycles. The van der Waals surface area contributed by atoms with E-state index in [1.54, 1.807) is 0 Å². The van der Waals surface area contributed by atoms with Gasteiger partial charge in [-0.3, -0.25) is 4.79 Å². The third-order valence-electron chi connectivity index (χ3n) is 4.00. The van der Waals surface area contributed by atoms with Gasteiger partial charge in [0.15, 0.2) is 0 Å². The molecule has 0 spiro atoms. The molecular weight excluding hydrogens is 236 g/mol. The zero-order valence-corrected chi connectivity index (χ0v) is 11.9. The highest BCUT2D eigenvalue weighted by atomic mass is 16.2. The molecule has 1 aliphatic heterocycles. The third kappa shape index (κ3) is 3.80. The minimum absolute atomic E-state index is 0.0133. The molecule has 19 heavy (non-hydrogen) atoms. The fourth-order valence-electron chi connectivity index (χ4n) is 2.42. The van der Waals surface area contributed by atoms with Crippen LogP contribution in [0, 0.1) is 0 Å². The lowest BCUT2D eigenvalue weighted by Gasteiger charge is -2.12. The lowest BCUT2D eigenvalue weighted by atomic mass is 9.98. The van der Waals surface area contributed by atoms with Crippen molar-refractivity contribution in [1.82, 2.24) is 10.6 Å². The van der Waals surface area contributed by atoms with Crippen molar-refractivity contribution in [2.45, 2.75) is 51.6 Å². The van der Waals surface area contributed by atoms with E-state index < -0.39 is 0 Å². The van der Waals surface area contributed by atoms with Crippen LogP contribution in [0.5, 0.6) is 0 Å². The molecule has 3 heteroatoms. The number of carbonyl (C=O) groups is 1. The quantitative estimate of drug-likeness (QED) is 0.854. The summed E-state index contributed by atoms with van der Waals surface area (Å²) in [7, 11) is 0. The fraction of sp³-hybridized carbons (Fsp3) is 0.562. The number of rotatable bonds is 5. The Hall–Kier alpha value is -1.35. The first-order valence-electron chi connectivity index (χ1n) is 7.30. The molecule has 2 rings (SSSR count). The largest absolute Gasteiger partial charge is 0.351 e. The number of hydrogen-bond acceptors (Lipinski definition) is 2. The molecule has 2 unspecified atom stereocenters. The summed E-state index contributed by atoms with van der Waals surface area (Å²) in [6.45, 7) is 6.02. The van der Waals surface area contributed by atoms with Crippen molar-refractivity contribution >= 4 is 5.91 Å². The monoisotopic (exact) mass is 260 g/mol. The Bertz CT molecular complexity index is 407. The fourth-order valence-corrected chi connectivity index (χ4v) is 2.42. The highest BCUT2D eigenvalue weighted by molar-refractivity contribution is 5.81. The summed E-state index contributed by atoms with van der Waals surface area (Å²) in [4.78, 5) is 11.9. The molecule has 0 aliphatic carbocycles. The van der Waals surface area contributed by atoms with E-state index in [0.29, 0.717) is 12.5 Å². The Kier molecular flexibility index (Phi) is 4.97. The number of carbonyl (C=O) groups excluding carboxylic acids is 1. The van der Waals surface area contributed by atoms with Crippen LogP contribution in [0.15, 0.2) is 24.3 Å². The summed E-state index contributed by atoms with van der Waals surface area (Å²) in [6.07, 6.45) is 3.21. The molecule has 0 bridgehead atoms. The Morgan fingerprint density at radius 3 is 2.74 bits per heavy atom. The van der Waals surface area contributed by atoms with Gasteiger partial charge in [0, 0.05) is 6.54 Å². The number of amides is 1. The molecule has 2 atom stereocenters. The lowest BCUT2D eigenvalue weighted by molar-refractivity contribution is -0.122. The van der Waals surface area contributed by atoms with Crippen LogP contribution in [0.1, 0.15) is 50.2 Å². The second-order valence-corrected chi connectivity index (χ2v) is 5.42. The maximum absolute atomic E-state index is 11.9. The van der Waals surface area contributed by atoms with Crippen LogP contribution in [0.4, 0.5) is 0 Å². The minimum atomic E-state index is 0.0133. The van der Waals surface area contributed by atoms with Crippen molar-refractivity contribution < 1.29 is 4.79 Å². The standard InChI is InChI=1S/C16H24N2O/c1-3-12(2)14-8-6-13(7-9-14)11-18-16(19)15-5-4-10-17-15/h6-9,12,15,17H,3-5,10-11H2,1-2H3,(H,18,19). The molecule has 0 radical (unpaired) electrons. The lowest BCUT2D eigenvalue weighted by Crippen LogP contribution is -2.39. The van der Waals surface area contributed by atoms with Gasteiger partial charge in [-0.25, -0.2) is 0 Å². The van der Waals surface area contributed by atoms with Gasteiger partial charge in [0.2, 0.25) is 5.91 Å². The van der Waals surface area contributed by atoms with Gasteiger partial charge in [-0.15, -0.1) is 0 Å². The summed E-state index contributed by atoms with van der Waals surface area (Å²) in [5, 5.41) is 6.21. The first kappa shape index (κ1) is 14.1. The topological polar surface area (TPSA) is 41.1 Å². The van der Waals surface area contributed by atoms with E-state index in [1.165, 1.54) is 11.1 Å². The van der Waals surface area contributed by atoms with Crippen LogP contribution in [0.3, 0.4) is 0 Å². The molecule has 1 fully saturated rings. The Morgan fingerprint density at radius 2 is 2.16 bits per heavy atom. The van der Waals surface area contributed by atoms with Crippen molar-refractivity contribution in [3.8, 4) is 0 Å². The van der Waals surface area contributed by atoms with Crippen LogP contribution < -0.4 is 10.6 Å². The second kappa shape index (κ2) is 6.71. The van der Waals surface area contributed by atoms with Crippen LogP contribution in [-0.2, 0) is 11.3 Å². The van der Waals surface area contributed by atoms with Gasteiger partial charge in [-0.2, -0.15) is 0 Å². The predicted molar refractivity (Wildman–Crippen MR) is 78.0 cm³/mol. The first-order chi connectivity index (χ1) is 9.20.